The third-order valence-corrected chi connectivity index (χ3v) is 6.41. The molecule has 1 aliphatic carbocycles. The lowest BCUT2D eigenvalue weighted by atomic mass is 9.98. The molecule has 1 aliphatic heterocycles. The summed E-state index contributed by atoms with van der Waals surface area (Å²) in [7, 11) is 0. The molecule has 0 unspecified atom stereocenters. The largest absolute Gasteiger partial charge is 0.333 e. The van der Waals surface area contributed by atoms with Crippen LogP contribution in [0.15, 0.2) is 48.8 Å². The Morgan fingerprint density at radius 3 is 2.58 bits per heavy atom. The maximum Gasteiger partial charge on any atom is 0.294 e. The van der Waals surface area contributed by atoms with Crippen molar-refractivity contribution in [1.82, 2.24) is 29.5 Å². The van der Waals surface area contributed by atoms with Crippen molar-refractivity contribution in [2.75, 3.05) is 19.6 Å². The van der Waals surface area contributed by atoms with Crippen LogP contribution < -0.4 is 0 Å². The van der Waals surface area contributed by atoms with Gasteiger partial charge in [0, 0.05) is 36.3 Å². The Hall–Kier alpha value is -3.26. The van der Waals surface area contributed by atoms with E-state index in [1.165, 1.54) is 11.0 Å². The summed E-state index contributed by atoms with van der Waals surface area (Å²) in [6, 6.07) is 12.8. The number of nitrogens with zero attached hydrogens (tertiary/aromatic N) is 6. The molecule has 1 saturated heterocycles. The number of pyridine rings is 1. The quantitative estimate of drug-likeness (QED) is 0.589. The summed E-state index contributed by atoms with van der Waals surface area (Å²) in [5.74, 6) is 0.243. The highest BCUT2D eigenvalue weighted by atomic mass is 35.5. The maximum atomic E-state index is 13.2. The zero-order valence-corrected chi connectivity index (χ0v) is 19.4. The average Bonchev–Trinajstić information content (AvgIpc) is 3.54. The fourth-order valence-corrected chi connectivity index (χ4v) is 4.45. The van der Waals surface area contributed by atoms with E-state index in [1.54, 1.807) is 28.0 Å². The van der Waals surface area contributed by atoms with E-state index in [2.05, 4.69) is 15.1 Å². The molecule has 2 aliphatic rings. The molecular weight excluding hydrogens is 440 g/mol. The van der Waals surface area contributed by atoms with Gasteiger partial charge in [0.05, 0.1) is 11.2 Å². The third-order valence-electron chi connectivity index (χ3n) is 6.18. The Kier molecular flexibility index (Phi) is 5.40. The summed E-state index contributed by atoms with van der Waals surface area (Å²) in [5.41, 5.74) is 1.61. The molecule has 3 heterocycles. The van der Waals surface area contributed by atoms with Crippen molar-refractivity contribution in [3.8, 4) is 5.69 Å². The van der Waals surface area contributed by atoms with E-state index in [-0.39, 0.29) is 17.6 Å². The first-order valence-electron chi connectivity index (χ1n) is 11.1. The zero-order valence-electron chi connectivity index (χ0n) is 18.6. The minimum atomic E-state index is -0.583. The van der Waals surface area contributed by atoms with Crippen molar-refractivity contribution in [2.24, 2.45) is 0 Å². The highest BCUT2D eigenvalue weighted by Crippen LogP contribution is 2.39. The summed E-state index contributed by atoms with van der Waals surface area (Å²) in [5, 5.41) is 4.94. The van der Waals surface area contributed by atoms with Gasteiger partial charge in [-0.1, -0.05) is 23.7 Å². The van der Waals surface area contributed by atoms with Gasteiger partial charge in [0.1, 0.15) is 12.0 Å². The summed E-state index contributed by atoms with van der Waals surface area (Å²) in [4.78, 5) is 38.7. The van der Waals surface area contributed by atoms with Crippen LogP contribution in [0.5, 0.6) is 0 Å². The van der Waals surface area contributed by atoms with E-state index in [4.69, 9.17) is 11.6 Å². The second kappa shape index (κ2) is 8.26. The number of rotatable bonds is 4. The normalized spacial score (nSPS) is 17.8. The van der Waals surface area contributed by atoms with Gasteiger partial charge in [0.15, 0.2) is 0 Å². The average molecular weight is 465 g/mol. The Morgan fingerprint density at radius 2 is 1.85 bits per heavy atom. The minimum Gasteiger partial charge on any atom is -0.333 e. The lowest BCUT2D eigenvalue weighted by Gasteiger charge is -2.46. The molecule has 0 atom stereocenters. The first-order chi connectivity index (χ1) is 15.8. The predicted octanol–water partition coefficient (Wildman–Crippen LogP) is 3.57. The molecule has 1 aromatic carbocycles. The molecule has 0 bridgehead atoms. The molecule has 8 nitrogen and oxygen atoms in total. The maximum absolute atomic E-state index is 13.2. The van der Waals surface area contributed by atoms with Gasteiger partial charge in [-0.2, -0.15) is 0 Å². The molecule has 3 aromatic rings. The minimum absolute atomic E-state index is 0.0963. The molecule has 0 radical (unpaired) electrons. The van der Waals surface area contributed by atoms with Crippen LogP contribution in [-0.4, -0.2) is 66.5 Å². The molecular formula is C24H25ClN6O2. The molecule has 1 saturated carbocycles. The van der Waals surface area contributed by atoms with E-state index in [0.29, 0.717) is 36.3 Å². The Morgan fingerprint density at radius 1 is 1.06 bits per heavy atom. The first kappa shape index (κ1) is 21.6. The Bertz CT molecular complexity index is 1220. The van der Waals surface area contributed by atoms with E-state index >= 15 is 0 Å². The van der Waals surface area contributed by atoms with Crippen molar-refractivity contribution in [2.45, 2.75) is 38.1 Å². The van der Waals surface area contributed by atoms with Gasteiger partial charge in [-0.3, -0.25) is 9.59 Å². The monoisotopic (exact) mass is 464 g/mol. The van der Waals surface area contributed by atoms with Crippen molar-refractivity contribution < 1.29 is 9.59 Å². The molecule has 0 spiro atoms. The second-order valence-corrected chi connectivity index (χ2v) is 9.65. The van der Waals surface area contributed by atoms with E-state index in [0.717, 1.165) is 24.2 Å². The van der Waals surface area contributed by atoms with Gasteiger partial charge in [0.25, 0.3) is 11.8 Å². The van der Waals surface area contributed by atoms with Gasteiger partial charge in [-0.05, 0) is 57.0 Å². The molecule has 2 fully saturated rings. The van der Waals surface area contributed by atoms with Crippen molar-refractivity contribution in [1.29, 1.82) is 0 Å². The zero-order chi connectivity index (χ0) is 23.2. The molecule has 33 heavy (non-hydrogen) atoms. The predicted molar refractivity (Wildman–Crippen MR) is 124 cm³/mol. The number of amides is 2. The fraction of sp³-hybridized carbons (Fsp3) is 0.375. The van der Waals surface area contributed by atoms with Gasteiger partial charge < -0.3 is 9.80 Å². The van der Waals surface area contributed by atoms with Crippen LogP contribution in [0.2, 0.25) is 5.02 Å². The number of aromatic nitrogens is 4. The van der Waals surface area contributed by atoms with Gasteiger partial charge >= 0.3 is 0 Å². The highest BCUT2D eigenvalue weighted by Gasteiger charge is 2.40. The van der Waals surface area contributed by atoms with Gasteiger partial charge in [0.2, 0.25) is 5.82 Å². The summed E-state index contributed by atoms with van der Waals surface area (Å²) in [6.07, 6.45) is 3.78. The number of benzene rings is 1. The molecule has 2 amide bonds. The highest BCUT2D eigenvalue weighted by molar-refractivity contribution is 6.30. The van der Waals surface area contributed by atoms with Crippen LogP contribution >= 0.6 is 11.6 Å². The van der Waals surface area contributed by atoms with E-state index in [9.17, 15) is 9.59 Å². The Balaban J connectivity index is 1.30. The fourth-order valence-electron chi connectivity index (χ4n) is 4.27. The van der Waals surface area contributed by atoms with Gasteiger partial charge in [-0.15, -0.1) is 5.10 Å². The molecule has 9 heteroatoms. The van der Waals surface area contributed by atoms with Crippen LogP contribution in [0.3, 0.4) is 0 Å². The number of carbonyl (C=O) groups is 2. The number of hydrogen-bond donors (Lipinski definition) is 0. The summed E-state index contributed by atoms with van der Waals surface area (Å²) in [6.45, 7) is 5.13. The number of hydrogen-bond acceptors (Lipinski definition) is 5. The molecule has 0 N–H and O–H groups in total. The van der Waals surface area contributed by atoms with Crippen molar-refractivity contribution >= 4 is 23.4 Å². The SMILES string of the molecule is CC1(C)CN(C(=O)c2cccc(C3CC3)n2)CCN1C(=O)c1ncn(-c2cccc(Cl)c2)n1. The summed E-state index contributed by atoms with van der Waals surface area (Å²) < 4.78 is 1.53. The molecule has 170 valence electrons. The van der Waals surface area contributed by atoms with Crippen LogP contribution in [0.25, 0.3) is 5.69 Å². The van der Waals surface area contributed by atoms with E-state index in [1.807, 2.05) is 38.1 Å². The number of piperazine rings is 1. The third kappa shape index (κ3) is 4.35. The molecule has 5 rings (SSSR count). The smallest absolute Gasteiger partial charge is 0.294 e. The topological polar surface area (TPSA) is 84.2 Å². The van der Waals surface area contributed by atoms with Crippen LogP contribution in [0.1, 0.15) is 59.4 Å². The Labute approximate surface area is 197 Å². The molecule has 2 aromatic heterocycles. The van der Waals surface area contributed by atoms with Crippen molar-refractivity contribution in [3.63, 3.8) is 0 Å². The van der Waals surface area contributed by atoms with Crippen LogP contribution in [-0.2, 0) is 0 Å². The van der Waals surface area contributed by atoms with Crippen LogP contribution in [0, 0.1) is 0 Å². The van der Waals surface area contributed by atoms with Crippen molar-refractivity contribution in [3.05, 3.63) is 71.0 Å². The standard InChI is InChI=1S/C24H25ClN6O2/c1-24(2)14-29(22(32)20-8-4-7-19(27-20)16-9-10-16)11-12-30(24)23(33)21-26-15-31(28-21)18-6-3-5-17(25)13-18/h3-8,13,15-16H,9-12,14H2,1-2H3. The number of halogens is 1. The van der Waals surface area contributed by atoms with E-state index < -0.39 is 5.54 Å². The van der Waals surface area contributed by atoms with Crippen LogP contribution in [0.4, 0.5) is 0 Å². The second-order valence-electron chi connectivity index (χ2n) is 9.21. The lowest BCUT2D eigenvalue weighted by Crippen LogP contribution is -2.62. The van der Waals surface area contributed by atoms with Gasteiger partial charge in [-0.25, -0.2) is 14.6 Å². The number of carbonyl (C=O) groups excluding carboxylic acids is 2. The first-order valence-corrected chi connectivity index (χ1v) is 11.5. The summed E-state index contributed by atoms with van der Waals surface area (Å²) >= 11 is 6.06. The lowest BCUT2D eigenvalue weighted by molar-refractivity contribution is 0.0158.